The Kier molecular flexibility index (Phi) is 6.72. The summed E-state index contributed by atoms with van der Waals surface area (Å²) in [5.41, 5.74) is 6.81. The second-order valence-corrected chi connectivity index (χ2v) is 10.2. The number of fused-ring (bicyclic) bond motifs is 1. The highest BCUT2D eigenvalue weighted by Gasteiger charge is 2.19. The first-order chi connectivity index (χ1) is 16.5. The van der Waals surface area contributed by atoms with Crippen LogP contribution < -0.4 is 5.32 Å². The molecule has 0 aliphatic carbocycles. The Hall–Kier alpha value is -3.06. The highest BCUT2D eigenvalue weighted by molar-refractivity contribution is 7.21. The van der Waals surface area contributed by atoms with Crippen molar-refractivity contribution in [3.8, 4) is 10.6 Å². The molecule has 5 rings (SSSR count). The number of aromatic nitrogens is 1. The number of anilines is 1. The summed E-state index contributed by atoms with van der Waals surface area (Å²) in [5, 5.41) is 4.05. The molecular formula is C28H30N4OS. The van der Waals surface area contributed by atoms with Crippen molar-refractivity contribution < 1.29 is 4.79 Å². The average Bonchev–Trinajstić information content (AvgIpc) is 3.25. The molecule has 1 saturated heterocycles. The van der Waals surface area contributed by atoms with Crippen molar-refractivity contribution in [3.63, 3.8) is 0 Å². The number of amides is 1. The van der Waals surface area contributed by atoms with E-state index in [9.17, 15) is 4.79 Å². The Bertz CT molecular complexity index is 1270. The topological polar surface area (TPSA) is 48.5 Å². The zero-order valence-electron chi connectivity index (χ0n) is 19.8. The molecule has 5 nitrogen and oxygen atoms in total. The molecule has 34 heavy (non-hydrogen) atoms. The highest BCUT2D eigenvalue weighted by atomic mass is 32.1. The lowest BCUT2D eigenvalue weighted by Gasteiger charge is -2.34. The molecule has 0 unspecified atom stereocenters. The van der Waals surface area contributed by atoms with E-state index >= 15 is 0 Å². The van der Waals surface area contributed by atoms with Crippen molar-refractivity contribution in [2.24, 2.45) is 0 Å². The SMILES string of the molecule is Cc1ccc(CN2CCN(CC(=O)Nc3ccc(-c4nc5ccc(C)cc5s4)cc3)CC2)cc1. The van der Waals surface area contributed by atoms with Gasteiger partial charge in [0.25, 0.3) is 0 Å². The number of nitrogens with zero attached hydrogens (tertiary/aromatic N) is 3. The zero-order chi connectivity index (χ0) is 23.5. The molecule has 1 amide bonds. The third-order valence-electron chi connectivity index (χ3n) is 6.32. The van der Waals surface area contributed by atoms with E-state index in [0.29, 0.717) is 6.54 Å². The van der Waals surface area contributed by atoms with Crippen molar-refractivity contribution in [2.75, 3.05) is 38.0 Å². The van der Waals surface area contributed by atoms with Crippen LogP contribution >= 0.6 is 11.3 Å². The van der Waals surface area contributed by atoms with Crippen LogP contribution in [0.15, 0.2) is 66.7 Å². The maximum Gasteiger partial charge on any atom is 0.238 e. The van der Waals surface area contributed by atoms with E-state index < -0.39 is 0 Å². The minimum atomic E-state index is 0.0372. The fourth-order valence-corrected chi connectivity index (χ4v) is 5.38. The van der Waals surface area contributed by atoms with Gasteiger partial charge in [0.15, 0.2) is 0 Å². The number of benzene rings is 3. The van der Waals surface area contributed by atoms with Crippen molar-refractivity contribution in [2.45, 2.75) is 20.4 Å². The van der Waals surface area contributed by atoms with Gasteiger partial charge in [-0.15, -0.1) is 11.3 Å². The maximum absolute atomic E-state index is 12.6. The van der Waals surface area contributed by atoms with E-state index in [1.165, 1.54) is 21.4 Å². The number of hydrogen-bond acceptors (Lipinski definition) is 5. The lowest BCUT2D eigenvalue weighted by molar-refractivity contribution is -0.117. The lowest BCUT2D eigenvalue weighted by atomic mass is 10.1. The van der Waals surface area contributed by atoms with Gasteiger partial charge in [-0.2, -0.15) is 0 Å². The second kappa shape index (κ2) is 10.1. The molecule has 174 valence electrons. The molecule has 1 aliphatic heterocycles. The largest absolute Gasteiger partial charge is 0.325 e. The predicted molar refractivity (Wildman–Crippen MR) is 141 cm³/mol. The quantitative estimate of drug-likeness (QED) is 0.413. The van der Waals surface area contributed by atoms with E-state index in [1.54, 1.807) is 11.3 Å². The Morgan fingerprint density at radius 3 is 2.29 bits per heavy atom. The van der Waals surface area contributed by atoms with Crippen molar-refractivity contribution in [1.29, 1.82) is 0 Å². The maximum atomic E-state index is 12.6. The van der Waals surface area contributed by atoms with E-state index in [1.807, 2.05) is 24.3 Å². The summed E-state index contributed by atoms with van der Waals surface area (Å²) in [6.07, 6.45) is 0. The van der Waals surface area contributed by atoms with Gasteiger partial charge < -0.3 is 5.32 Å². The van der Waals surface area contributed by atoms with Crippen LogP contribution in [0, 0.1) is 13.8 Å². The van der Waals surface area contributed by atoms with Gasteiger partial charge in [0, 0.05) is 44.0 Å². The van der Waals surface area contributed by atoms with E-state index in [-0.39, 0.29) is 5.91 Å². The Morgan fingerprint density at radius 1 is 0.882 bits per heavy atom. The van der Waals surface area contributed by atoms with Crippen LogP contribution in [0.3, 0.4) is 0 Å². The molecule has 4 aromatic rings. The number of piperazine rings is 1. The van der Waals surface area contributed by atoms with E-state index in [4.69, 9.17) is 4.98 Å². The van der Waals surface area contributed by atoms with Gasteiger partial charge in [-0.1, -0.05) is 35.9 Å². The normalized spacial score (nSPS) is 15.0. The zero-order valence-corrected chi connectivity index (χ0v) is 20.6. The van der Waals surface area contributed by atoms with Crippen molar-refractivity contribution in [1.82, 2.24) is 14.8 Å². The van der Waals surface area contributed by atoms with Crippen LogP contribution in [-0.4, -0.2) is 53.4 Å². The molecule has 0 radical (unpaired) electrons. The molecule has 2 heterocycles. The summed E-state index contributed by atoms with van der Waals surface area (Å²) in [4.78, 5) is 22.1. The van der Waals surface area contributed by atoms with Crippen LogP contribution in [0.25, 0.3) is 20.8 Å². The molecule has 1 aliphatic rings. The summed E-state index contributed by atoms with van der Waals surface area (Å²) < 4.78 is 1.20. The van der Waals surface area contributed by atoms with Gasteiger partial charge in [0.05, 0.1) is 16.8 Å². The Morgan fingerprint density at radius 2 is 1.56 bits per heavy atom. The molecule has 0 saturated carbocycles. The number of aryl methyl sites for hydroxylation is 2. The monoisotopic (exact) mass is 470 g/mol. The molecule has 1 N–H and O–H groups in total. The fraction of sp³-hybridized carbons (Fsp3) is 0.286. The molecule has 1 aromatic heterocycles. The summed E-state index contributed by atoms with van der Waals surface area (Å²) in [5.74, 6) is 0.0372. The van der Waals surface area contributed by atoms with Crippen LogP contribution in [0.4, 0.5) is 5.69 Å². The molecule has 6 heteroatoms. The first kappa shape index (κ1) is 22.7. The molecule has 0 atom stereocenters. The van der Waals surface area contributed by atoms with Gasteiger partial charge in [0.2, 0.25) is 5.91 Å². The van der Waals surface area contributed by atoms with Gasteiger partial charge in [-0.25, -0.2) is 4.98 Å². The summed E-state index contributed by atoms with van der Waals surface area (Å²) in [7, 11) is 0. The molecule has 0 bridgehead atoms. The number of carbonyl (C=O) groups excluding carboxylic acids is 1. The second-order valence-electron chi connectivity index (χ2n) is 9.15. The first-order valence-electron chi connectivity index (χ1n) is 11.8. The lowest BCUT2D eigenvalue weighted by Crippen LogP contribution is -2.48. The summed E-state index contributed by atoms with van der Waals surface area (Å²) in [6.45, 7) is 9.41. The van der Waals surface area contributed by atoms with Gasteiger partial charge in [-0.3, -0.25) is 14.6 Å². The van der Waals surface area contributed by atoms with Crippen molar-refractivity contribution in [3.05, 3.63) is 83.4 Å². The van der Waals surface area contributed by atoms with Crippen molar-refractivity contribution >= 4 is 33.1 Å². The number of nitrogens with one attached hydrogen (secondary N) is 1. The average molecular weight is 471 g/mol. The smallest absolute Gasteiger partial charge is 0.238 e. The predicted octanol–water partition coefficient (Wildman–Crippen LogP) is 5.34. The molecular weight excluding hydrogens is 440 g/mol. The summed E-state index contributed by atoms with van der Waals surface area (Å²) in [6, 6.07) is 23.1. The standard InChI is InChI=1S/C28H30N4OS/c1-20-3-6-22(7-4-20)18-31-13-15-32(16-14-31)19-27(33)29-24-10-8-23(9-11-24)28-30-25-12-5-21(2)17-26(25)34-28/h3-12,17H,13-16,18-19H2,1-2H3,(H,29,33). The summed E-state index contributed by atoms with van der Waals surface area (Å²) >= 11 is 1.70. The third-order valence-corrected chi connectivity index (χ3v) is 7.39. The Balaban J connectivity index is 1.11. The van der Waals surface area contributed by atoms with Crippen LogP contribution in [-0.2, 0) is 11.3 Å². The van der Waals surface area contributed by atoms with Gasteiger partial charge >= 0.3 is 0 Å². The van der Waals surface area contributed by atoms with Crippen LogP contribution in [0.1, 0.15) is 16.7 Å². The number of hydrogen-bond donors (Lipinski definition) is 1. The first-order valence-corrected chi connectivity index (χ1v) is 12.6. The van der Waals surface area contributed by atoms with E-state index in [0.717, 1.165) is 54.5 Å². The third kappa shape index (κ3) is 5.53. The van der Waals surface area contributed by atoms with E-state index in [2.05, 4.69) is 71.4 Å². The van der Waals surface area contributed by atoms with Gasteiger partial charge in [-0.05, 0) is 61.4 Å². The molecule has 1 fully saturated rings. The minimum absolute atomic E-state index is 0.0372. The van der Waals surface area contributed by atoms with Crippen LogP contribution in [0.2, 0.25) is 0 Å². The number of carbonyl (C=O) groups is 1. The number of rotatable bonds is 6. The highest BCUT2D eigenvalue weighted by Crippen LogP contribution is 2.31. The fourth-order valence-electron chi connectivity index (χ4n) is 4.31. The minimum Gasteiger partial charge on any atom is -0.325 e. The molecule has 3 aromatic carbocycles. The van der Waals surface area contributed by atoms with Gasteiger partial charge in [0.1, 0.15) is 5.01 Å². The number of thiazole rings is 1. The molecule has 0 spiro atoms. The Labute approximate surface area is 205 Å². The van der Waals surface area contributed by atoms with Crippen LogP contribution in [0.5, 0.6) is 0 Å².